The quantitative estimate of drug-likeness (QED) is 0.402. The minimum atomic E-state index is -0.263. The summed E-state index contributed by atoms with van der Waals surface area (Å²) in [6.45, 7) is 5.56. The van der Waals surface area contributed by atoms with Crippen molar-refractivity contribution in [2.75, 3.05) is 50.1 Å². The maximum absolute atomic E-state index is 14.9. The number of rotatable bonds is 8. The summed E-state index contributed by atoms with van der Waals surface area (Å²) in [6.07, 6.45) is 5.39. The van der Waals surface area contributed by atoms with Crippen LogP contribution in [0.4, 0.5) is 15.9 Å². The Labute approximate surface area is 258 Å². The van der Waals surface area contributed by atoms with Gasteiger partial charge in [0.2, 0.25) is 0 Å². The molecule has 2 bridgehead atoms. The smallest absolute Gasteiger partial charge is 0.253 e. The highest BCUT2D eigenvalue weighted by atomic mass is 19.1. The van der Waals surface area contributed by atoms with Gasteiger partial charge in [0.1, 0.15) is 17.4 Å². The lowest BCUT2D eigenvalue weighted by molar-refractivity contribution is 0.0923. The number of methoxy groups -OCH3 is 1. The van der Waals surface area contributed by atoms with Gasteiger partial charge >= 0.3 is 0 Å². The first-order valence-electron chi connectivity index (χ1n) is 15.5. The molecule has 3 saturated heterocycles. The second-order valence-corrected chi connectivity index (χ2v) is 12.2. The summed E-state index contributed by atoms with van der Waals surface area (Å²) in [7, 11) is 3.69. The molecule has 0 saturated carbocycles. The van der Waals surface area contributed by atoms with Crippen molar-refractivity contribution in [3.05, 3.63) is 82.8 Å². The van der Waals surface area contributed by atoms with E-state index in [9.17, 15) is 14.0 Å². The number of amides is 2. The SMILES string of the molecule is COc1cccc(C(=O)N[C@H]2C[C@H]3CC[C@@H](C2)N3c2ccc(C(=O)NCc3ccc(N4CCN(C)CC4)c(F)c3)cn2)c1C. The first-order valence-corrected chi connectivity index (χ1v) is 15.5. The number of nitrogens with zero attached hydrogens (tertiary/aromatic N) is 4. The molecular formula is C34H41FN6O3. The monoisotopic (exact) mass is 600 g/mol. The Morgan fingerprint density at radius 2 is 1.75 bits per heavy atom. The largest absolute Gasteiger partial charge is 0.496 e. The Kier molecular flexibility index (Phi) is 8.70. The minimum absolute atomic E-state index is 0.0681. The Morgan fingerprint density at radius 3 is 2.41 bits per heavy atom. The molecule has 3 aliphatic heterocycles. The zero-order valence-corrected chi connectivity index (χ0v) is 25.7. The molecule has 4 heterocycles. The predicted molar refractivity (Wildman–Crippen MR) is 169 cm³/mol. The van der Waals surface area contributed by atoms with Crippen molar-refractivity contribution >= 4 is 23.3 Å². The van der Waals surface area contributed by atoms with Crippen LogP contribution in [0.15, 0.2) is 54.7 Å². The van der Waals surface area contributed by atoms with Gasteiger partial charge in [-0.2, -0.15) is 0 Å². The number of piperazine rings is 1. The number of hydrogen-bond donors (Lipinski definition) is 2. The van der Waals surface area contributed by atoms with Crippen molar-refractivity contribution in [2.24, 2.45) is 0 Å². The number of benzene rings is 2. The highest BCUT2D eigenvalue weighted by Crippen LogP contribution is 2.38. The van der Waals surface area contributed by atoms with Gasteiger partial charge in [0.05, 0.1) is 18.4 Å². The Morgan fingerprint density at radius 1 is 1.00 bits per heavy atom. The van der Waals surface area contributed by atoms with E-state index in [1.165, 1.54) is 6.07 Å². The van der Waals surface area contributed by atoms with Gasteiger partial charge < -0.3 is 30.1 Å². The van der Waals surface area contributed by atoms with E-state index >= 15 is 0 Å². The van der Waals surface area contributed by atoms with Gasteiger partial charge in [0, 0.05) is 68.2 Å². The first-order chi connectivity index (χ1) is 21.3. The lowest BCUT2D eigenvalue weighted by atomic mass is 9.96. The zero-order valence-electron chi connectivity index (χ0n) is 25.7. The molecule has 3 aromatic rings. The number of carbonyl (C=O) groups excluding carboxylic acids is 2. The molecule has 10 heteroatoms. The molecule has 3 aliphatic rings. The van der Waals surface area contributed by atoms with Crippen molar-refractivity contribution in [1.82, 2.24) is 20.5 Å². The number of aromatic nitrogens is 1. The third kappa shape index (κ3) is 6.22. The van der Waals surface area contributed by atoms with E-state index in [1.807, 2.05) is 37.3 Å². The summed E-state index contributed by atoms with van der Waals surface area (Å²) in [6, 6.07) is 15.1. The number of halogens is 1. The average molecular weight is 601 g/mol. The third-order valence-corrected chi connectivity index (χ3v) is 9.40. The number of piperidine rings is 1. The first kappa shape index (κ1) is 29.9. The van der Waals surface area contributed by atoms with Gasteiger partial charge in [0.15, 0.2) is 0 Å². The fourth-order valence-electron chi connectivity index (χ4n) is 6.94. The van der Waals surface area contributed by atoms with E-state index in [0.29, 0.717) is 28.1 Å². The zero-order chi connectivity index (χ0) is 30.8. The van der Waals surface area contributed by atoms with Gasteiger partial charge in [-0.1, -0.05) is 12.1 Å². The Bertz CT molecular complexity index is 1490. The number of ether oxygens (including phenoxy) is 1. The average Bonchev–Trinajstić information content (AvgIpc) is 3.30. The number of likely N-dealkylation sites (N-methyl/N-ethyl adjacent to an activating group) is 1. The van der Waals surface area contributed by atoms with Crippen LogP contribution in [-0.2, 0) is 6.54 Å². The van der Waals surface area contributed by atoms with Crippen LogP contribution >= 0.6 is 0 Å². The van der Waals surface area contributed by atoms with Crippen molar-refractivity contribution < 1.29 is 18.7 Å². The molecule has 2 N–H and O–H groups in total. The number of nitrogens with one attached hydrogen (secondary N) is 2. The van der Waals surface area contributed by atoms with Crippen molar-refractivity contribution in [3.8, 4) is 5.75 Å². The molecule has 0 unspecified atom stereocenters. The number of carbonyl (C=O) groups is 2. The summed E-state index contributed by atoms with van der Waals surface area (Å²) in [4.78, 5) is 37.3. The normalized spacial score (nSPS) is 21.7. The number of pyridine rings is 1. The molecule has 232 valence electrons. The molecule has 6 rings (SSSR count). The summed E-state index contributed by atoms with van der Waals surface area (Å²) in [5.41, 5.74) is 3.27. The van der Waals surface area contributed by atoms with Crippen LogP contribution in [0.25, 0.3) is 0 Å². The van der Waals surface area contributed by atoms with Gasteiger partial charge in [-0.15, -0.1) is 0 Å². The summed E-state index contributed by atoms with van der Waals surface area (Å²) >= 11 is 0. The number of fused-ring (bicyclic) bond motifs is 2. The fraction of sp³-hybridized carbons (Fsp3) is 0.441. The fourth-order valence-corrected chi connectivity index (χ4v) is 6.94. The maximum Gasteiger partial charge on any atom is 0.253 e. The minimum Gasteiger partial charge on any atom is -0.496 e. The molecule has 44 heavy (non-hydrogen) atoms. The van der Waals surface area contributed by atoms with E-state index in [0.717, 1.165) is 63.2 Å². The summed E-state index contributed by atoms with van der Waals surface area (Å²) in [5.74, 6) is 0.982. The van der Waals surface area contributed by atoms with E-state index in [2.05, 4.69) is 37.4 Å². The highest BCUT2D eigenvalue weighted by Gasteiger charge is 2.42. The molecule has 2 amide bonds. The predicted octanol–water partition coefficient (Wildman–Crippen LogP) is 4.15. The molecule has 9 nitrogen and oxygen atoms in total. The van der Waals surface area contributed by atoms with Gasteiger partial charge in [-0.25, -0.2) is 9.37 Å². The standard InChI is InChI=1S/C34H41FN6O3/c1-22-28(5-4-6-31(22)44-3)34(43)38-25-18-26-9-10-27(19-25)41(26)32-12-8-24(21-36-32)33(42)37-20-23-7-11-30(29(35)17-23)40-15-13-39(2)14-16-40/h4-8,11-12,17,21,25-27H,9-10,13-16,18-20H2,1-3H3,(H,37,42)(H,38,43)/t25-,26+,27-. The Balaban J connectivity index is 1.03. The van der Waals surface area contributed by atoms with Crippen molar-refractivity contribution in [1.29, 1.82) is 0 Å². The maximum atomic E-state index is 14.9. The molecular weight excluding hydrogens is 559 g/mol. The van der Waals surface area contributed by atoms with Crippen LogP contribution in [0.1, 0.15) is 57.5 Å². The van der Waals surface area contributed by atoms with E-state index in [1.54, 1.807) is 25.4 Å². The number of anilines is 2. The van der Waals surface area contributed by atoms with Crippen LogP contribution in [0.5, 0.6) is 5.75 Å². The molecule has 3 atom stereocenters. The van der Waals surface area contributed by atoms with E-state index < -0.39 is 0 Å². The van der Waals surface area contributed by atoms with Crippen molar-refractivity contribution in [2.45, 2.75) is 57.3 Å². The van der Waals surface area contributed by atoms with E-state index in [4.69, 9.17) is 4.74 Å². The van der Waals surface area contributed by atoms with Gasteiger partial charge in [0.25, 0.3) is 11.8 Å². The van der Waals surface area contributed by atoms with Crippen molar-refractivity contribution in [3.63, 3.8) is 0 Å². The van der Waals surface area contributed by atoms with Crippen LogP contribution in [0, 0.1) is 12.7 Å². The van der Waals surface area contributed by atoms with Crippen LogP contribution in [0.2, 0.25) is 0 Å². The van der Waals surface area contributed by atoms with E-state index in [-0.39, 0.29) is 42.3 Å². The number of hydrogen-bond acceptors (Lipinski definition) is 7. The van der Waals surface area contributed by atoms with Crippen LogP contribution < -0.4 is 25.2 Å². The van der Waals surface area contributed by atoms with Crippen LogP contribution in [0.3, 0.4) is 0 Å². The van der Waals surface area contributed by atoms with Gasteiger partial charge in [-0.3, -0.25) is 9.59 Å². The second-order valence-electron chi connectivity index (χ2n) is 12.2. The topological polar surface area (TPSA) is 90.0 Å². The highest BCUT2D eigenvalue weighted by molar-refractivity contribution is 5.96. The van der Waals surface area contributed by atoms with Crippen LogP contribution in [-0.4, -0.2) is 80.2 Å². The molecule has 0 spiro atoms. The molecule has 0 aliphatic carbocycles. The molecule has 1 aromatic heterocycles. The third-order valence-electron chi connectivity index (χ3n) is 9.40. The Hall–Kier alpha value is -4.18. The molecule has 0 radical (unpaired) electrons. The summed E-state index contributed by atoms with van der Waals surface area (Å²) < 4.78 is 20.3. The second kappa shape index (κ2) is 12.8. The van der Waals surface area contributed by atoms with Gasteiger partial charge in [-0.05, 0) is 81.6 Å². The lowest BCUT2D eigenvalue weighted by Gasteiger charge is -2.40. The molecule has 3 fully saturated rings. The summed E-state index contributed by atoms with van der Waals surface area (Å²) in [5, 5.41) is 6.15. The lowest BCUT2D eigenvalue weighted by Crippen LogP contribution is -2.50. The molecule has 2 aromatic carbocycles.